The Hall–Kier alpha value is -1.55. The topological polar surface area (TPSA) is 29.9 Å². The van der Waals surface area contributed by atoms with Gasteiger partial charge in [0, 0.05) is 25.4 Å². The average Bonchev–Trinajstić information content (AvgIpc) is 2.75. The molecule has 0 aliphatic rings. The van der Waals surface area contributed by atoms with Gasteiger partial charge in [0.1, 0.15) is 11.6 Å². The first kappa shape index (κ1) is 14.5. The minimum absolute atomic E-state index is 0. The van der Waals surface area contributed by atoms with Crippen LogP contribution >= 0.6 is 12.4 Å². The largest absolute Gasteiger partial charge is 0.365 e. The first-order chi connectivity index (χ1) is 8.28. The van der Waals surface area contributed by atoms with Crippen LogP contribution in [0.4, 0.5) is 10.2 Å². The fraction of sp³-hybridized carbons (Fsp3) is 0.308. The number of aromatic nitrogens is 2. The van der Waals surface area contributed by atoms with E-state index in [0.717, 1.165) is 24.3 Å². The zero-order chi connectivity index (χ0) is 12.1. The number of hydrogen-bond acceptors (Lipinski definition) is 2. The predicted octanol–water partition coefficient (Wildman–Crippen LogP) is 3.47. The number of benzene rings is 1. The van der Waals surface area contributed by atoms with Gasteiger partial charge in [-0.25, -0.2) is 4.39 Å². The Morgan fingerprint density at radius 2 is 2.17 bits per heavy atom. The zero-order valence-electron chi connectivity index (χ0n) is 10.3. The summed E-state index contributed by atoms with van der Waals surface area (Å²) < 4.78 is 14.8. The highest BCUT2D eigenvalue weighted by Gasteiger charge is 1.99. The Bertz CT molecular complexity index is 485. The van der Waals surface area contributed by atoms with Gasteiger partial charge in [0.2, 0.25) is 0 Å². The van der Waals surface area contributed by atoms with Crippen molar-refractivity contribution in [3.05, 3.63) is 47.9 Å². The summed E-state index contributed by atoms with van der Waals surface area (Å²) in [7, 11) is 0. The normalized spacial score (nSPS) is 9.89. The van der Waals surface area contributed by atoms with Crippen LogP contribution in [0.2, 0.25) is 0 Å². The second-order valence-corrected chi connectivity index (χ2v) is 3.95. The van der Waals surface area contributed by atoms with Crippen LogP contribution in [0.15, 0.2) is 36.5 Å². The Kier molecular flexibility index (Phi) is 5.65. The van der Waals surface area contributed by atoms with E-state index in [9.17, 15) is 4.39 Å². The van der Waals surface area contributed by atoms with E-state index >= 15 is 0 Å². The highest BCUT2D eigenvalue weighted by atomic mass is 35.5. The molecule has 0 saturated heterocycles. The summed E-state index contributed by atoms with van der Waals surface area (Å²) in [5, 5.41) is 7.52. The molecule has 0 saturated carbocycles. The van der Waals surface area contributed by atoms with E-state index in [1.165, 1.54) is 12.1 Å². The van der Waals surface area contributed by atoms with Crippen LogP contribution in [0.3, 0.4) is 0 Å². The predicted molar refractivity (Wildman–Crippen MR) is 73.5 cm³/mol. The van der Waals surface area contributed by atoms with E-state index in [2.05, 4.69) is 17.3 Å². The number of nitrogens with one attached hydrogen (secondary N) is 1. The van der Waals surface area contributed by atoms with Crippen LogP contribution in [0, 0.1) is 5.82 Å². The molecule has 5 heteroatoms. The quantitative estimate of drug-likeness (QED) is 0.901. The number of aryl methyl sites for hydroxylation is 1. The van der Waals surface area contributed by atoms with E-state index in [4.69, 9.17) is 0 Å². The lowest BCUT2D eigenvalue weighted by Crippen LogP contribution is -2.02. The smallest absolute Gasteiger partial charge is 0.148 e. The van der Waals surface area contributed by atoms with E-state index < -0.39 is 0 Å². The maximum atomic E-state index is 12.9. The van der Waals surface area contributed by atoms with Gasteiger partial charge in [-0.15, -0.1) is 12.4 Å². The lowest BCUT2D eigenvalue weighted by atomic mass is 10.2. The van der Waals surface area contributed by atoms with Crippen molar-refractivity contribution in [2.75, 3.05) is 5.32 Å². The average molecular weight is 270 g/mol. The molecule has 3 nitrogen and oxygen atoms in total. The molecule has 2 aromatic rings. The summed E-state index contributed by atoms with van der Waals surface area (Å²) in [4.78, 5) is 0. The van der Waals surface area contributed by atoms with Gasteiger partial charge in [-0.05, 0) is 24.1 Å². The number of nitrogens with zero attached hydrogens (tertiary/aromatic N) is 2. The first-order valence-electron chi connectivity index (χ1n) is 5.79. The Morgan fingerprint density at radius 1 is 1.33 bits per heavy atom. The van der Waals surface area contributed by atoms with Crippen LogP contribution in [0.5, 0.6) is 0 Å². The highest BCUT2D eigenvalue weighted by Crippen LogP contribution is 2.08. The van der Waals surface area contributed by atoms with E-state index in [1.54, 1.807) is 6.07 Å². The molecule has 0 atom stereocenters. The number of anilines is 1. The van der Waals surface area contributed by atoms with Crippen molar-refractivity contribution >= 4 is 18.2 Å². The van der Waals surface area contributed by atoms with Crippen LogP contribution in [0.25, 0.3) is 0 Å². The molecule has 1 aromatic heterocycles. The fourth-order valence-electron chi connectivity index (χ4n) is 1.65. The van der Waals surface area contributed by atoms with Crippen molar-refractivity contribution in [1.29, 1.82) is 0 Å². The summed E-state index contributed by atoms with van der Waals surface area (Å²) in [6.45, 7) is 3.62. The Balaban J connectivity index is 0.00000162. The molecule has 0 bridgehead atoms. The van der Waals surface area contributed by atoms with Crippen LogP contribution in [0.1, 0.15) is 18.9 Å². The van der Waals surface area contributed by atoms with Crippen LogP contribution in [-0.2, 0) is 13.1 Å². The molecular formula is C13H17ClFN3. The van der Waals surface area contributed by atoms with Gasteiger partial charge in [-0.2, -0.15) is 5.10 Å². The van der Waals surface area contributed by atoms with Crippen molar-refractivity contribution in [1.82, 2.24) is 9.78 Å². The summed E-state index contributed by atoms with van der Waals surface area (Å²) in [6, 6.07) is 8.49. The van der Waals surface area contributed by atoms with Crippen molar-refractivity contribution in [3.8, 4) is 0 Å². The van der Waals surface area contributed by atoms with E-state index in [0.29, 0.717) is 6.54 Å². The van der Waals surface area contributed by atoms with Gasteiger partial charge in [0.05, 0.1) is 0 Å². The molecule has 0 amide bonds. The van der Waals surface area contributed by atoms with Gasteiger partial charge in [-0.1, -0.05) is 19.1 Å². The molecule has 0 aliphatic heterocycles. The molecular weight excluding hydrogens is 253 g/mol. The lowest BCUT2D eigenvalue weighted by molar-refractivity contribution is 0.604. The summed E-state index contributed by atoms with van der Waals surface area (Å²) in [5.41, 5.74) is 0.912. The number of halogens is 2. The van der Waals surface area contributed by atoms with E-state index in [1.807, 2.05) is 23.0 Å². The van der Waals surface area contributed by atoms with Gasteiger partial charge in [0.15, 0.2) is 0 Å². The molecule has 18 heavy (non-hydrogen) atoms. The molecule has 1 heterocycles. The third kappa shape index (κ3) is 4.04. The zero-order valence-corrected chi connectivity index (χ0v) is 11.1. The molecule has 0 unspecified atom stereocenters. The molecule has 0 spiro atoms. The third-order valence-electron chi connectivity index (χ3n) is 2.46. The molecule has 0 fully saturated rings. The SMILES string of the molecule is CCCn1ccc(NCc2cccc(F)c2)n1.Cl. The summed E-state index contributed by atoms with van der Waals surface area (Å²) >= 11 is 0. The highest BCUT2D eigenvalue weighted by molar-refractivity contribution is 5.85. The van der Waals surface area contributed by atoms with Gasteiger partial charge in [0.25, 0.3) is 0 Å². The summed E-state index contributed by atoms with van der Waals surface area (Å²) in [5.74, 6) is 0.614. The first-order valence-corrected chi connectivity index (χ1v) is 5.79. The van der Waals surface area contributed by atoms with Crippen molar-refractivity contribution < 1.29 is 4.39 Å². The van der Waals surface area contributed by atoms with Crippen molar-refractivity contribution in [2.24, 2.45) is 0 Å². The number of hydrogen-bond donors (Lipinski definition) is 1. The van der Waals surface area contributed by atoms with Gasteiger partial charge >= 0.3 is 0 Å². The maximum absolute atomic E-state index is 12.9. The van der Waals surface area contributed by atoms with Crippen molar-refractivity contribution in [3.63, 3.8) is 0 Å². The molecule has 98 valence electrons. The molecule has 0 aliphatic carbocycles. The number of rotatable bonds is 5. The maximum Gasteiger partial charge on any atom is 0.148 e. The fourth-order valence-corrected chi connectivity index (χ4v) is 1.65. The van der Waals surface area contributed by atoms with E-state index in [-0.39, 0.29) is 18.2 Å². The Morgan fingerprint density at radius 3 is 2.89 bits per heavy atom. The Labute approximate surface area is 112 Å². The second kappa shape index (κ2) is 7.01. The second-order valence-electron chi connectivity index (χ2n) is 3.95. The van der Waals surface area contributed by atoms with Gasteiger partial charge in [-0.3, -0.25) is 4.68 Å². The minimum Gasteiger partial charge on any atom is -0.365 e. The van der Waals surface area contributed by atoms with Crippen LogP contribution < -0.4 is 5.32 Å². The monoisotopic (exact) mass is 269 g/mol. The van der Waals surface area contributed by atoms with Gasteiger partial charge < -0.3 is 5.32 Å². The minimum atomic E-state index is -0.208. The van der Waals surface area contributed by atoms with Crippen molar-refractivity contribution in [2.45, 2.75) is 26.4 Å². The van der Waals surface area contributed by atoms with Crippen LogP contribution in [-0.4, -0.2) is 9.78 Å². The summed E-state index contributed by atoms with van der Waals surface area (Å²) in [6.07, 6.45) is 3.00. The molecule has 2 rings (SSSR count). The standard InChI is InChI=1S/C13H16FN3.ClH/c1-2-7-17-8-6-13(16-17)15-10-11-4-3-5-12(14)9-11;/h3-6,8-9H,2,7,10H2,1H3,(H,15,16);1H. The molecule has 1 aromatic carbocycles. The lowest BCUT2D eigenvalue weighted by Gasteiger charge is -2.03. The molecule has 0 radical (unpaired) electrons. The third-order valence-corrected chi connectivity index (χ3v) is 2.46. The molecule has 1 N–H and O–H groups in total.